The number of ketones is 1. The fourth-order valence-electron chi connectivity index (χ4n) is 4.52. The van der Waals surface area contributed by atoms with Gasteiger partial charge in [-0.25, -0.2) is 4.79 Å². The van der Waals surface area contributed by atoms with Crippen molar-refractivity contribution < 1.29 is 49.0 Å². The Bertz CT molecular complexity index is 898. The average Bonchev–Trinajstić information content (AvgIpc) is 2.94. The van der Waals surface area contributed by atoms with Crippen LogP contribution in [0.15, 0.2) is 24.3 Å². The van der Waals surface area contributed by atoms with Crippen molar-refractivity contribution >= 4 is 17.7 Å². The molecule has 1 spiro atoms. The highest BCUT2D eigenvalue weighted by molar-refractivity contribution is 5.97. The maximum absolute atomic E-state index is 13.2. The SMILES string of the molecule is C[C@@H]1CO[C@@]2(C[C@@H]1OC(=O)c1ccc(O)cc1)O[C@@H]1C[C@@H](C(=O)O)C[C@H](O)[C@]1(O)C2=O. The van der Waals surface area contributed by atoms with Gasteiger partial charge in [0.05, 0.1) is 24.2 Å². The zero-order valence-electron chi connectivity index (χ0n) is 16.8. The summed E-state index contributed by atoms with van der Waals surface area (Å²) in [5.74, 6) is -5.93. The number of carbonyl (C=O) groups excluding carboxylic acids is 2. The number of hydrogen-bond donors (Lipinski definition) is 4. The lowest BCUT2D eigenvalue weighted by molar-refractivity contribution is -0.266. The quantitative estimate of drug-likeness (QED) is 0.483. The first kappa shape index (κ1) is 21.7. The normalized spacial score (nSPS) is 39.8. The molecule has 1 aromatic rings. The molecular formula is C21H24O10. The summed E-state index contributed by atoms with van der Waals surface area (Å²) in [6, 6.07) is 5.48. The van der Waals surface area contributed by atoms with E-state index in [1.54, 1.807) is 6.92 Å². The summed E-state index contributed by atoms with van der Waals surface area (Å²) in [7, 11) is 0. The molecule has 31 heavy (non-hydrogen) atoms. The van der Waals surface area contributed by atoms with Crippen LogP contribution in [0.5, 0.6) is 5.75 Å². The molecule has 2 heterocycles. The summed E-state index contributed by atoms with van der Waals surface area (Å²) in [6.45, 7) is 1.75. The summed E-state index contributed by atoms with van der Waals surface area (Å²) in [6.07, 6.45) is -4.33. The molecule has 10 heteroatoms. The van der Waals surface area contributed by atoms with E-state index in [0.717, 1.165) is 0 Å². The summed E-state index contributed by atoms with van der Waals surface area (Å²) in [4.78, 5) is 37.1. The van der Waals surface area contributed by atoms with E-state index in [4.69, 9.17) is 14.2 Å². The van der Waals surface area contributed by atoms with Crippen LogP contribution in [0.4, 0.5) is 0 Å². The third-order valence-corrected chi connectivity index (χ3v) is 6.44. The molecule has 10 nitrogen and oxygen atoms in total. The van der Waals surface area contributed by atoms with E-state index in [2.05, 4.69) is 0 Å². The van der Waals surface area contributed by atoms with Gasteiger partial charge < -0.3 is 34.6 Å². The van der Waals surface area contributed by atoms with Gasteiger partial charge in [0.15, 0.2) is 5.60 Å². The Hall–Kier alpha value is -2.53. The lowest BCUT2D eigenvalue weighted by atomic mass is 9.72. The van der Waals surface area contributed by atoms with E-state index in [9.17, 15) is 34.8 Å². The Morgan fingerprint density at radius 2 is 1.87 bits per heavy atom. The fraction of sp³-hybridized carbons (Fsp3) is 0.571. The molecular weight excluding hydrogens is 412 g/mol. The van der Waals surface area contributed by atoms with Gasteiger partial charge in [0.25, 0.3) is 0 Å². The van der Waals surface area contributed by atoms with Gasteiger partial charge in [0.1, 0.15) is 18.0 Å². The largest absolute Gasteiger partial charge is 0.508 e. The number of aliphatic hydroxyl groups is 2. The first-order chi connectivity index (χ1) is 14.6. The molecule has 7 atom stereocenters. The van der Waals surface area contributed by atoms with Gasteiger partial charge in [-0.1, -0.05) is 6.92 Å². The Morgan fingerprint density at radius 1 is 1.19 bits per heavy atom. The number of carboxylic acids is 1. The number of fused-ring (bicyclic) bond motifs is 1. The Kier molecular flexibility index (Phi) is 5.29. The maximum Gasteiger partial charge on any atom is 0.338 e. The van der Waals surface area contributed by atoms with Gasteiger partial charge in [0.2, 0.25) is 11.6 Å². The molecule has 4 rings (SSSR count). The first-order valence-corrected chi connectivity index (χ1v) is 10.1. The Morgan fingerprint density at radius 3 is 2.52 bits per heavy atom. The molecule has 3 fully saturated rings. The third kappa shape index (κ3) is 3.49. The summed E-state index contributed by atoms with van der Waals surface area (Å²) < 4.78 is 17.0. The highest BCUT2D eigenvalue weighted by Gasteiger charge is 2.70. The van der Waals surface area contributed by atoms with Crippen molar-refractivity contribution in [3.63, 3.8) is 0 Å². The molecule has 1 aromatic carbocycles. The van der Waals surface area contributed by atoms with Gasteiger partial charge in [0, 0.05) is 12.3 Å². The van der Waals surface area contributed by atoms with Crippen molar-refractivity contribution in [2.75, 3.05) is 6.61 Å². The highest BCUT2D eigenvalue weighted by Crippen LogP contribution is 2.49. The van der Waals surface area contributed by atoms with E-state index in [-0.39, 0.29) is 43.1 Å². The number of aromatic hydroxyl groups is 1. The highest BCUT2D eigenvalue weighted by atomic mass is 16.7. The number of rotatable bonds is 3. The van der Waals surface area contributed by atoms with Crippen LogP contribution >= 0.6 is 0 Å². The second-order valence-electron chi connectivity index (χ2n) is 8.52. The van der Waals surface area contributed by atoms with Crippen LogP contribution < -0.4 is 0 Å². The van der Waals surface area contributed by atoms with Crippen molar-refractivity contribution in [1.82, 2.24) is 0 Å². The van der Waals surface area contributed by atoms with E-state index >= 15 is 0 Å². The topological polar surface area (TPSA) is 160 Å². The number of carbonyl (C=O) groups is 3. The van der Waals surface area contributed by atoms with E-state index < -0.39 is 53.3 Å². The van der Waals surface area contributed by atoms with Gasteiger partial charge in [-0.2, -0.15) is 0 Å². The van der Waals surface area contributed by atoms with Crippen LogP contribution in [-0.4, -0.2) is 74.5 Å². The minimum absolute atomic E-state index is 0.00559. The molecule has 1 saturated carbocycles. The molecule has 2 saturated heterocycles. The summed E-state index contributed by atoms with van der Waals surface area (Å²) in [5.41, 5.74) is -2.09. The van der Waals surface area contributed by atoms with Crippen LogP contribution in [-0.2, 0) is 23.8 Å². The number of benzene rings is 1. The number of aliphatic hydroxyl groups excluding tert-OH is 1. The van der Waals surface area contributed by atoms with E-state index in [0.29, 0.717) is 0 Å². The number of phenols is 1. The van der Waals surface area contributed by atoms with Crippen molar-refractivity contribution in [3.05, 3.63) is 29.8 Å². The molecule has 2 aliphatic heterocycles. The molecule has 0 bridgehead atoms. The number of carboxylic acid groups (broad SMARTS) is 1. The van der Waals surface area contributed by atoms with Crippen molar-refractivity contribution in [3.8, 4) is 5.75 Å². The van der Waals surface area contributed by atoms with Crippen LogP contribution in [0.25, 0.3) is 0 Å². The van der Waals surface area contributed by atoms with Crippen molar-refractivity contribution in [1.29, 1.82) is 0 Å². The molecule has 0 radical (unpaired) electrons. The second kappa shape index (κ2) is 7.56. The lowest BCUT2D eigenvalue weighted by Crippen LogP contribution is -2.61. The average molecular weight is 436 g/mol. The van der Waals surface area contributed by atoms with Gasteiger partial charge in [-0.05, 0) is 37.1 Å². The van der Waals surface area contributed by atoms with E-state index in [1.807, 2.05) is 0 Å². The van der Waals surface area contributed by atoms with Gasteiger partial charge in [-0.15, -0.1) is 0 Å². The van der Waals surface area contributed by atoms with E-state index in [1.165, 1.54) is 24.3 Å². The minimum atomic E-state index is -2.29. The van der Waals surface area contributed by atoms with Crippen LogP contribution in [0, 0.1) is 11.8 Å². The number of Topliss-reactive ketones (excluding diaryl/α,β-unsaturated/α-hetero) is 1. The number of esters is 1. The Labute approximate surface area is 177 Å². The number of aliphatic carboxylic acids is 1. The van der Waals surface area contributed by atoms with Crippen LogP contribution in [0.3, 0.4) is 0 Å². The molecule has 0 unspecified atom stereocenters. The molecule has 3 aliphatic rings. The molecule has 168 valence electrons. The smallest absolute Gasteiger partial charge is 0.338 e. The standard InChI is InChI=1S/C21H24O10/c1-10-9-29-20(8-14(10)30-18(26)11-2-4-13(22)5-3-11)19(27)21(28)15(23)6-12(17(24)25)7-16(21)31-20/h2-5,10,12,14-16,22-23,28H,6-9H2,1H3,(H,24,25)/t10-,12+,14+,15+,16-,20+,21-/m1/s1. The third-order valence-electron chi connectivity index (χ3n) is 6.44. The zero-order chi connectivity index (χ0) is 22.6. The van der Waals surface area contributed by atoms with Crippen molar-refractivity contribution in [2.45, 2.75) is 55.9 Å². The van der Waals surface area contributed by atoms with Crippen molar-refractivity contribution in [2.24, 2.45) is 11.8 Å². The number of phenolic OH excluding ortho intramolecular Hbond substituents is 1. The van der Waals surface area contributed by atoms with Gasteiger partial charge >= 0.3 is 11.9 Å². The zero-order valence-corrected chi connectivity index (χ0v) is 16.8. The molecule has 4 N–H and O–H groups in total. The summed E-state index contributed by atoms with van der Waals surface area (Å²) >= 11 is 0. The fourth-order valence-corrected chi connectivity index (χ4v) is 4.52. The lowest BCUT2D eigenvalue weighted by Gasteiger charge is -2.39. The minimum Gasteiger partial charge on any atom is -0.508 e. The number of ether oxygens (including phenoxy) is 3. The van der Waals surface area contributed by atoms with Crippen LogP contribution in [0.1, 0.15) is 36.5 Å². The first-order valence-electron chi connectivity index (χ1n) is 10.1. The molecule has 1 aliphatic carbocycles. The number of hydrogen-bond acceptors (Lipinski definition) is 9. The predicted molar refractivity (Wildman–Crippen MR) is 101 cm³/mol. The predicted octanol–water partition coefficient (Wildman–Crippen LogP) is 0.225. The maximum atomic E-state index is 13.2. The monoisotopic (exact) mass is 436 g/mol. The second-order valence-corrected chi connectivity index (χ2v) is 8.52. The Balaban J connectivity index is 1.55. The molecule has 0 amide bonds. The van der Waals surface area contributed by atoms with Gasteiger partial charge in [-0.3, -0.25) is 9.59 Å². The van der Waals surface area contributed by atoms with Crippen LogP contribution in [0.2, 0.25) is 0 Å². The molecule has 0 aromatic heterocycles. The summed E-state index contributed by atoms with van der Waals surface area (Å²) in [5, 5.41) is 40.0.